The molecule has 0 radical (unpaired) electrons. The van der Waals surface area contributed by atoms with Gasteiger partial charge in [-0.2, -0.15) is 0 Å². The Morgan fingerprint density at radius 1 is 1.33 bits per heavy atom. The summed E-state index contributed by atoms with van der Waals surface area (Å²) in [6.45, 7) is 1.83. The van der Waals surface area contributed by atoms with E-state index >= 15 is 0 Å². The molecule has 2 atom stereocenters. The van der Waals surface area contributed by atoms with Crippen LogP contribution in [0.5, 0.6) is 0 Å². The molecular formula is C16H19FN2O2. The smallest absolute Gasteiger partial charge is 0.268 e. The monoisotopic (exact) mass is 290 g/mol. The Balaban J connectivity index is 1.92. The minimum atomic E-state index is -0.741. The van der Waals surface area contributed by atoms with E-state index in [1.54, 1.807) is 42.1 Å². The molecule has 5 heteroatoms. The fourth-order valence-corrected chi connectivity index (χ4v) is 2.21. The van der Waals surface area contributed by atoms with Gasteiger partial charge in [0.2, 0.25) is 0 Å². The van der Waals surface area contributed by atoms with E-state index in [1.807, 2.05) is 6.92 Å². The average Bonchev–Trinajstić information content (AvgIpc) is 2.85. The molecule has 0 fully saturated rings. The van der Waals surface area contributed by atoms with E-state index < -0.39 is 6.10 Å². The number of aryl methyl sites for hydroxylation is 1. The molecular weight excluding hydrogens is 271 g/mol. The predicted octanol–water partition coefficient (Wildman–Crippen LogP) is 2.41. The molecule has 0 aliphatic heterocycles. The highest BCUT2D eigenvalue weighted by molar-refractivity contribution is 5.92. The Morgan fingerprint density at radius 2 is 2.00 bits per heavy atom. The van der Waals surface area contributed by atoms with Gasteiger partial charge >= 0.3 is 0 Å². The highest BCUT2D eigenvalue weighted by atomic mass is 19.1. The van der Waals surface area contributed by atoms with Gasteiger partial charge in [-0.25, -0.2) is 4.39 Å². The Morgan fingerprint density at radius 3 is 2.57 bits per heavy atom. The molecule has 0 saturated carbocycles. The van der Waals surface area contributed by atoms with E-state index in [-0.39, 0.29) is 17.8 Å². The number of aliphatic hydroxyl groups excluding tert-OH is 1. The molecule has 0 spiro atoms. The van der Waals surface area contributed by atoms with E-state index in [4.69, 9.17) is 0 Å². The molecule has 0 saturated heterocycles. The first-order valence-corrected chi connectivity index (χ1v) is 6.83. The van der Waals surface area contributed by atoms with Crippen molar-refractivity contribution in [3.05, 3.63) is 59.7 Å². The molecule has 2 aromatic rings. The number of hydrogen-bond donors (Lipinski definition) is 2. The van der Waals surface area contributed by atoms with Crippen LogP contribution in [0.15, 0.2) is 42.6 Å². The van der Waals surface area contributed by atoms with Crippen molar-refractivity contribution in [2.24, 2.45) is 7.05 Å². The molecule has 2 rings (SSSR count). The summed E-state index contributed by atoms with van der Waals surface area (Å²) in [5, 5.41) is 12.9. The largest absolute Gasteiger partial charge is 0.388 e. The van der Waals surface area contributed by atoms with Gasteiger partial charge in [0.05, 0.1) is 6.10 Å². The normalized spacial score (nSPS) is 13.7. The Kier molecular flexibility index (Phi) is 4.75. The standard InChI is InChI=1S/C16H19FN2O2/c1-11(18-16(21)14-4-3-9-19(14)2)10-15(20)12-5-7-13(17)8-6-12/h3-9,11,15,20H,10H2,1-2H3,(H,18,21). The van der Waals surface area contributed by atoms with Gasteiger partial charge in [-0.05, 0) is 43.2 Å². The number of amides is 1. The number of carbonyl (C=O) groups is 1. The summed E-state index contributed by atoms with van der Waals surface area (Å²) in [5.74, 6) is -0.516. The van der Waals surface area contributed by atoms with Gasteiger partial charge in [0, 0.05) is 19.3 Å². The lowest BCUT2D eigenvalue weighted by Gasteiger charge is -2.18. The van der Waals surface area contributed by atoms with E-state index in [2.05, 4.69) is 5.32 Å². The fourth-order valence-electron chi connectivity index (χ4n) is 2.21. The number of halogens is 1. The van der Waals surface area contributed by atoms with Crippen LogP contribution in [0.1, 0.15) is 35.5 Å². The van der Waals surface area contributed by atoms with Crippen LogP contribution >= 0.6 is 0 Å². The summed E-state index contributed by atoms with van der Waals surface area (Å²) in [4.78, 5) is 12.0. The summed E-state index contributed by atoms with van der Waals surface area (Å²) >= 11 is 0. The second-order valence-electron chi connectivity index (χ2n) is 5.18. The van der Waals surface area contributed by atoms with E-state index in [1.165, 1.54) is 12.1 Å². The first kappa shape index (κ1) is 15.3. The lowest BCUT2D eigenvalue weighted by Crippen LogP contribution is -2.34. The molecule has 1 amide bonds. The number of aliphatic hydroxyl groups is 1. The summed E-state index contributed by atoms with van der Waals surface area (Å²) < 4.78 is 14.6. The second kappa shape index (κ2) is 6.54. The number of nitrogens with one attached hydrogen (secondary N) is 1. The van der Waals surface area contributed by atoms with Gasteiger partial charge in [0.15, 0.2) is 0 Å². The third-order valence-electron chi connectivity index (χ3n) is 3.39. The average molecular weight is 290 g/mol. The summed E-state index contributed by atoms with van der Waals surface area (Å²) in [5.41, 5.74) is 1.20. The lowest BCUT2D eigenvalue weighted by molar-refractivity contribution is 0.0909. The quantitative estimate of drug-likeness (QED) is 0.888. The number of aromatic nitrogens is 1. The number of rotatable bonds is 5. The third kappa shape index (κ3) is 3.92. The second-order valence-corrected chi connectivity index (χ2v) is 5.18. The molecule has 2 N–H and O–H groups in total. The Hall–Kier alpha value is -2.14. The topological polar surface area (TPSA) is 54.3 Å². The molecule has 2 unspecified atom stereocenters. The van der Waals surface area contributed by atoms with Crippen LogP contribution in [0, 0.1) is 5.82 Å². The van der Waals surface area contributed by atoms with Crippen molar-refractivity contribution in [1.29, 1.82) is 0 Å². The molecule has 4 nitrogen and oxygen atoms in total. The summed E-state index contributed by atoms with van der Waals surface area (Å²) in [7, 11) is 1.80. The van der Waals surface area contributed by atoms with E-state index in [0.29, 0.717) is 17.7 Å². The number of benzene rings is 1. The Labute approximate surface area is 123 Å². The molecule has 1 aromatic heterocycles. The van der Waals surface area contributed by atoms with E-state index in [0.717, 1.165) is 0 Å². The zero-order valence-corrected chi connectivity index (χ0v) is 12.1. The molecule has 21 heavy (non-hydrogen) atoms. The Bertz CT molecular complexity index is 607. The first-order chi connectivity index (χ1) is 9.97. The van der Waals surface area contributed by atoms with Crippen molar-refractivity contribution in [3.63, 3.8) is 0 Å². The minimum absolute atomic E-state index is 0.179. The van der Waals surface area contributed by atoms with Gasteiger partial charge in [-0.3, -0.25) is 4.79 Å². The lowest BCUT2D eigenvalue weighted by atomic mass is 10.0. The SMILES string of the molecule is CC(CC(O)c1ccc(F)cc1)NC(=O)c1cccn1C. The zero-order valence-electron chi connectivity index (χ0n) is 12.1. The predicted molar refractivity (Wildman–Crippen MR) is 78.3 cm³/mol. The number of nitrogens with zero attached hydrogens (tertiary/aromatic N) is 1. The number of hydrogen-bond acceptors (Lipinski definition) is 2. The fraction of sp³-hybridized carbons (Fsp3) is 0.312. The molecule has 112 valence electrons. The van der Waals surface area contributed by atoms with Gasteiger partial charge < -0.3 is 15.0 Å². The van der Waals surface area contributed by atoms with Crippen LogP contribution < -0.4 is 5.32 Å². The maximum atomic E-state index is 12.8. The first-order valence-electron chi connectivity index (χ1n) is 6.83. The van der Waals surface area contributed by atoms with Crippen molar-refractivity contribution in [2.75, 3.05) is 0 Å². The minimum Gasteiger partial charge on any atom is -0.388 e. The van der Waals surface area contributed by atoms with Crippen molar-refractivity contribution < 1.29 is 14.3 Å². The van der Waals surface area contributed by atoms with Crippen molar-refractivity contribution in [3.8, 4) is 0 Å². The van der Waals surface area contributed by atoms with Crippen LogP contribution in [0.4, 0.5) is 4.39 Å². The van der Waals surface area contributed by atoms with Crippen LogP contribution in [0.25, 0.3) is 0 Å². The molecule has 0 aliphatic rings. The molecule has 1 heterocycles. The highest BCUT2D eigenvalue weighted by Crippen LogP contribution is 2.18. The zero-order chi connectivity index (χ0) is 15.4. The van der Waals surface area contributed by atoms with Crippen LogP contribution in [-0.2, 0) is 7.05 Å². The molecule has 1 aromatic carbocycles. The summed E-state index contributed by atoms with van der Waals surface area (Å²) in [6, 6.07) is 9.05. The van der Waals surface area contributed by atoms with Gasteiger partial charge in [-0.15, -0.1) is 0 Å². The van der Waals surface area contributed by atoms with Gasteiger partial charge in [0.1, 0.15) is 11.5 Å². The van der Waals surface area contributed by atoms with Crippen LogP contribution in [0.3, 0.4) is 0 Å². The maximum Gasteiger partial charge on any atom is 0.268 e. The van der Waals surface area contributed by atoms with Gasteiger partial charge in [-0.1, -0.05) is 12.1 Å². The van der Waals surface area contributed by atoms with Crippen molar-refractivity contribution in [1.82, 2.24) is 9.88 Å². The van der Waals surface area contributed by atoms with Gasteiger partial charge in [0.25, 0.3) is 5.91 Å². The van der Waals surface area contributed by atoms with Crippen LogP contribution in [-0.4, -0.2) is 21.6 Å². The molecule has 0 bridgehead atoms. The van der Waals surface area contributed by atoms with E-state index in [9.17, 15) is 14.3 Å². The van der Waals surface area contributed by atoms with Crippen molar-refractivity contribution >= 4 is 5.91 Å². The number of carbonyl (C=O) groups excluding carboxylic acids is 1. The molecule has 0 aliphatic carbocycles. The maximum absolute atomic E-state index is 12.8. The highest BCUT2D eigenvalue weighted by Gasteiger charge is 2.16. The summed E-state index contributed by atoms with van der Waals surface area (Å²) in [6.07, 6.45) is 1.42. The third-order valence-corrected chi connectivity index (χ3v) is 3.39. The van der Waals surface area contributed by atoms with Crippen LogP contribution in [0.2, 0.25) is 0 Å². The van der Waals surface area contributed by atoms with Crippen molar-refractivity contribution in [2.45, 2.75) is 25.5 Å².